The molecule has 2 atom stereocenters. The van der Waals surface area contributed by atoms with Crippen molar-refractivity contribution in [2.45, 2.75) is 60.7 Å². The zero-order chi connectivity index (χ0) is 62.9. The van der Waals surface area contributed by atoms with Crippen molar-refractivity contribution in [1.82, 2.24) is 9.97 Å². The second kappa shape index (κ2) is 23.0. The van der Waals surface area contributed by atoms with Crippen LogP contribution in [-0.4, -0.2) is 40.0 Å². The molecule has 30 heteroatoms. The van der Waals surface area contributed by atoms with Crippen LogP contribution in [0.5, 0.6) is 23.0 Å². The van der Waals surface area contributed by atoms with Gasteiger partial charge in [0.1, 0.15) is 32.9 Å². The average Bonchev–Trinajstić information content (AvgIpc) is 0.973. The fourth-order valence-corrected chi connectivity index (χ4v) is 11.1. The molecular weight excluding hydrogens is 1230 g/mol. The SMILES string of the molecule is Cc1nc(-c2cc(C(F)(F)F)ccc2[C@@H]2CCOc3cc(S(=O)(=O)Oc4c(F)c(F)c(F)c(F)c4F)ccc32)ccc1F.Cc1nc(-c2cc(C(F)(F)F)ccc2[C@H]2CCOc3cc(S(=O)(=O)Oc4c(F)c(F)c(F)c(F)c4F)ccc32)ccc1F. The molecule has 0 saturated heterocycles. The summed E-state index contributed by atoms with van der Waals surface area (Å²) in [5.41, 5.74) is -0.718. The number of fused-ring (bicyclic) bond motifs is 2. The Morgan fingerprint density at radius 3 is 1.05 bits per heavy atom. The van der Waals surface area contributed by atoms with E-state index < -0.39 is 147 Å². The number of nitrogens with zero attached hydrogens (tertiary/aromatic N) is 2. The molecule has 0 radical (unpaired) electrons. The number of ether oxygens (including phenoxy) is 2. The van der Waals surface area contributed by atoms with Crippen molar-refractivity contribution in [2.75, 3.05) is 13.2 Å². The van der Waals surface area contributed by atoms with Crippen LogP contribution in [0.2, 0.25) is 0 Å². The highest BCUT2D eigenvalue weighted by molar-refractivity contribution is 7.87. The van der Waals surface area contributed by atoms with Crippen LogP contribution < -0.4 is 17.8 Å². The van der Waals surface area contributed by atoms with Gasteiger partial charge < -0.3 is 17.8 Å². The minimum absolute atomic E-state index is 0.0297. The van der Waals surface area contributed by atoms with Gasteiger partial charge in [-0.1, -0.05) is 24.3 Å². The van der Waals surface area contributed by atoms with Crippen molar-refractivity contribution in [3.63, 3.8) is 0 Å². The summed E-state index contributed by atoms with van der Waals surface area (Å²) in [6, 6.07) is 16.4. The van der Waals surface area contributed by atoms with E-state index in [0.717, 1.165) is 60.7 Å². The van der Waals surface area contributed by atoms with Crippen molar-refractivity contribution < 1.29 is 114 Å². The van der Waals surface area contributed by atoms with Crippen LogP contribution in [0.1, 0.15) is 69.4 Å². The molecule has 0 unspecified atom stereocenters. The maximum Gasteiger partial charge on any atom is 0.416 e. The molecule has 0 fully saturated rings. The van der Waals surface area contributed by atoms with Gasteiger partial charge in [0.2, 0.25) is 69.7 Å². The predicted molar refractivity (Wildman–Crippen MR) is 264 cm³/mol. The number of aryl methyl sites for hydroxylation is 2. The first-order valence-electron chi connectivity index (χ1n) is 24.3. The lowest BCUT2D eigenvalue weighted by molar-refractivity contribution is -0.138. The van der Waals surface area contributed by atoms with Crippen LogP contribution in [0.15, 0.2) is 107 Å². The van der Waals surface area contributed by atoms with Gasteiger partial charge in [-0.2, -0.15) is 60.7 Å². The lowest BCUT2D eigenvalue weighted by atomic mass is 9.82. The molecule has 0 N–H and O–H groups in total. The molecule has 452 valence electrons. The molecule has 0 amide bonds. The first kappa shape index (κ1) is 62.0. The number of pyridine rings is 2. The fourth-order valence-electron chi connectivity index (χ4n) is 9.23. The smallest absolute Gasteiger partial charge is 0.416 e. The summed E-state index contributed by atoms with van der Waals surface area (Å²) in [6.45, 7) is 2.56. The Kier molecular flexibility index (Phi) is 16.6. The van der Waals surface area contributed by atoms with Crippen LogP contribution in [-0.2, 0) is 32.6 Å². The van der Waals surface area contributed by atoms with Crippen LogP contribution in [0, 0.1) is 83.7 Å². The van der Waals surface area contributed by atoms with Gasteiger partial charge >= 0.3 is 32.6 Å². The van der Waals surface area contributed by atoms with Crippen LogP contribution in [0.4, 0.5) is 79.0 Å². The summed E-state index contributed by atoms with van der Waals surface area (Å²) < 4.78 is 317. The number of hydrogen-bond acceptors (Lipinski definition) is 10. The zero-order valence-electron chi connectivity index (χ0n) is 43.0. The third-order valence-electron chi connectivity index (χ3n) is 13.5. The zero-order valence-corrected chi connectivity index (χ0v) is 44.6. The number of hydrogen-bond donors (Lipinski definition) is 0. The Hall–Kier alpha value is -8.54. The Morgan fingerprint density at radius 2 is 0.733 bits per heavy atom. The minimum atomic E-state index is -5.19. The fraction of sp³-hybridized carbons (Fsp3) is 0.179. The van der Waals surface area contributed by atoms with Crippen molar-refractivity contribution in [3.8, 4) is 45.5 Å². The van der Waals surface area contributed by atoms with Crippen molar-refractivity contribution >= 4 is 20.2 Å². The molecule has 10 rings (SSSR count). The van der Waals surface area contributed by atoms with E-state index >= 15 is 0 Å². The second-order valence-corrected chi connectivity index (χ2v) is 21.9. The molecular formula is C56H32F18N2O8S2. The molecule has 0 spiro atoms. The van der Waals surface area contributed by atoms with Crippen molar-refractivity contribution in [1.29, 1.82) is 0 Å². The van der Waals surface area contributed by atoms with E-state index in [2.05, 4.69) is 18.3 Å². The van der Waals surface area contributed by atoms with Gasteiger partial charge in [-0.3, -0.25) is 9.97 Å². The number of halogens is 18. The largest absolute Gasteiger partial charge is 0.493 e. The first-order chi connectivity index (χ1) is 40.2. The predicted octanol–water partition coefficient (Wildman–Crippen LogP) is 15.2. The molecule has 4 heterocycles. The topological polar surface area (TPSA) is 131 Å². The van der Waals surface area contributed by atoms with E-state index in [1.807, 2.05) is 0 Å². The molecule has 10 nitrogen and oxygen atoms in total. The first-order valence-corrected chi connectivity index (χ1v) is 27.2. The van der Waals surface area contributed by atoms with E-state index in [-0.39, 0.29) is 71.5 Å². The van der Waals surface area contributed by atoms with Crippen molar-refractivity contribution in [3.05, 3.63) is 212 Å². The maximum atomic E-state index is 14.1. The lowest BCUT2D eigenvalue weighted by Crippen LogP contribution is -2.18. The highest BCUT2D eigenvalue weighted by atomic mass is 32.2. The summed E-state index contributed by atoms with van der Waals surface area (Å²) in [7, 11) is -10.4. The Labute approximate surface area is 473 Å². The summed E-state index contributed by atoms with van der Waals surface area (Å²) in [5, 5.41) is 0. The Bertz CT molecular complexity index is 3970. The van der Waals surface area contributed by atoms with E-state index in [0.29, 0.717) is 22.3 Å². The molecule has 0 aliphatic carbocycles. The van der Waals surface area contributed by atoms with Crippen LogP contribution >= 0.6 is 0 Å². The van der Waals surface area contributed by atoms with E-state index in [1.165, 1.54) is 50.2 Å². The highest BCUT2D eigenvalue weighted by Crippen LogP contribution is 2.47. The maximum absolute atomic E-state index is 14.1. The molecule has 0 saturated carbocycles. The van der Waals surface area contributed by atoms with E-state index in [1.54, 1.807) is 0 Å². The van der Waals surface area contributed by atoms with Crippen molar-refractivity contribution in [2.24, 2.45) is 0 Å². The van der Waals surface area contributed by atoms with Gasteiger partial charge in [0, 0.05) is 46.2 Å². The summed E-state index contributed by atoms with van der Waals surface area (Å²) in [4.78, 5) is 6.62. The second-order valence-electron chi connectivity index (χ2n) is 18.8. The molecule has 6 aromatic carbocycles. The minimum Gasteiger partial charge on any atom is -0.493 e. The third-order valence-corrected chi connectivity index (χ3v) is 15.9. The van der Waals surface area contributed by atoms with E-state index in [4.69, 9.17) is 9.47 Å². The van der Waals surface area contributed by atoms with Gasteiger partial charge in [0.05, 0.1) is 47.1 Å². The summed E-state index contributed by atoms with van der Waals surface area (Å²) in [5.74, 6) is -31.7. The molecule has 2 aromatic heterocycles. The summed E-state index contributed by atoms with van der Waals surface area (Å²) in [6.07, 6.45) is -9.01. The third kappa shape index (κ3) is 11.9. The lowest BCUT2D eigenvalue weighted by Gasteiger charge is -2.28. The van der Waals surface area contributed by atoms with Gasteiger partial charge in [-0.25, -0.2) is 35.1 Å². The number of alkyl halides is 6. The number of benzene rings is 6. The molecule has 8 aromatic rings. The van der Waals surface area contributed by atoms with Crippen LogP contribution in [0.3, 0.4) is 0 Å². The normalized spacial score (nSPS) is 15.2. The number of rotatable bonds is 10. The molecule has 86 heavy (non-hydrogen) atoms. The standard InChI is InChI=1S/2C28H16F9NO4S/c2*1-12-19(29)6-7-20(38-12)18-10-13(28(35,36)37)2-4-15(18)16-8-9-41-21-11-14(3-5-17(16)21)43(39,40)42-27-25(33)23(31)22(30)24(32)26(27)34/h2*2-7,10-11,16H,8-9H2,1H3/t2*16-/m10/s1. The van der Waals surface area contributed by atoms with E-state index in [9.17, 15) is 95.9 Å². The molecule has 0 bridgehead atoms. The van der Waals surface area contributed by atoms with Crippen LogP contribution in [0.25, 0.3) is 22.5 Å². The molecule has 2 aliphatic heterocycles. The van der Waals surface area contributed by atoms with Gasteiger partial charge in [-0.15, -0.1) is 0 Å². The van der Waals surface area contributed by atoms with Gasteiger partial charge in [-0.05, 0) is 98.5 Å². The number of aromatic nitrogens is 2. The highest BCUT2D eigenvalue weighted by Gasteiger charge is 2.38. The molecule has 2 aliphatic rings. The average molecular weight is 1270 g/mol. The monoisotopic (exact) mass is 1270 g/mol. The quantitative estimate of drug-likeness (QED) is 0.0564. The Balaban J connectivity index is 0.000000205. The Morgan fingerprint density at radius 1 is 0.419 bits per heavy atom. The van der Waals surface area contributed by atoms with Gasteiger partial charge in [0.15, 0.2) is 0 Å². The van der Waals surface area contributed by atoms with Gasteiger partial charge in [0.25, 0.3) is 0 Å². The summed E-state index contributed by atoms with van der Waals surface area (Å²) >= 11 is 0.